The summed E-state index contributed by atoms with van der Waals surface area (Å²) in [5.41, 5.74) is 0.340. The second-order valence-electron chi connectivity index (χ2n) is 3.65. The molecule has 0 atom stereocenters. The van der Waals surface area contributed by atoms with Crippen LogP contribution in [-0.4, -0.2) is 20.5 Å². The smallest absolute Gasteiger partial charge is 0.262 e. The molecule has 0 aliphatic heterocycles. The number of hydrogen-bond acceptors (Lipinski definition) is 4. The van der Waals surface area contributed by atoms with E-state index >= 15 is 0 Å². The highest BCUT2D eigenvalue weighted by atomic mass is 35.5. The van der Waals surface area contributed by atoms with Crippen molar-refractivity contribution in [3.05, 3.63) is 47.7 Å². The van der Waals surface area contributed by atoms with Gasteiger partial charge in [-0.05, 0) is 24.3 Å². The van der Waals surface area contributed by atoms with E-state index in [1.807, 2.05) is 0 Å². The van der Waals surface area contributed by atoms with Crippen LogP contribution in [0, 0.1) is 0 Å². The minimum Gasteiger partial charge on any atom is -0.497 e. The number of nitrogens with one attached hydrogen (secondary N) is 1. The van der Waals surface area contributed by atoms with Crippen molar-refractivity contribution in [2.24, 2.45) is 0 Å². The monoisotopic (exact) mass is 298 g/mol. The predicted molar refractivity (Wildman–Crippen MR) is 73.0 cm³/mol. The van der Waals surface area contributed by atoms with Crippen LogP contribution in [-0.2, 0) is 10.0 Å². The zero-order chi connectivity index (χ0) is 13.9. The summed E-state index contributed by atoms with van der Waals surface area (Å²) in [6.07, 6.45) is 1.35. The second-order valence-corrected chi connectivity index (χ2v) is 5.72. The Kier molecular flexibility index (Phi) is 3.92. The molecule has 0 spiro atoms. The minimum atomic E-state index is -3.67. The molecule has 5 nitrogen and oxygen atoms in total. The quantitative estimate of drug-likeness (QED) is 0.881. The summed E-state index contributed by atoms with van der Waals surface area (Å²) in [5, 5.41) is 0.296. The Morgan fingerprint density at radius 3 is 2.68 bits per heavy atom. The molecule has 0 saturated heterocycles. The average molecular weight is 299 g/mol. The zero-order valence-electron chi connectivity index (χ0n) is 10.00. The molecule has 0 unspecified atom stereocenters. The van der Waals surface area contributed by atoms with Crippen LogP contribution in [0.3, 0.4) is 0 Å². The summed E-state index contributed by atoms with van der Waals surface area (Å²) < 4.78 is 31.7. The highest BCUT2D eigenvalue weighted by Crippen LogP contribution is 2.20. The van der Waals surface area contributed by atoms with E-state index in [-0.39, 0.29) is 4.90 Å². The molecule has 0 saturated carbocycles. The molecule has 1 N–H and O–H groups in total. The third-order valence-electron chi connectivity index (χ3n) is 2.33. The minimum absolute atomic E-state index is 0.113. The summed E-state index contributed by atoms with van der Waals surface area (Å²) in [5.74, 6) is 0.470. The fourth-order valence-electron chi connectivity index (χ4n) is 1.42. The Morgan fingerprint density at radius 1 is 1.26 bits per heavy atom. The van der Waals surface area contributed by atoms with Gasteiger partial charge in [0.25, 0.3) is 10.0 Å². The van der Waals surface area contributed by atoms with E-state index < -0.39 is 10.0 Å². The van der Waals surface area contributed by atoms with Gasteiger partial charge in [-0.2, -0.15) is 0 Å². The van der Waals surface area contributed by atoms with Gasteiger partial charge in [-0.25, -0.2) is 13.4 Å². The maximum absolute atomic E-state index is 12.1. The number of rotatable bonds is 4. The second kappa shape index (κ2) is 5.46. The van der Waals surface area contributed by atoms with Gasteiger partial charge in [-0.15, -0.1) is 0 Å². The summed E-state index contributed by atoms with van der Waals surface area (Å²) in [6, 6.07) is 9.23. The molecule has 7 heteroatoms. The molecule has 0 amide bonds. The lowest BCUT2D eigenvalue weighted by Crippen LogP contribution is -2.13. The summed E-state index contributed by atoms with van der Waals surface area (Å²) in [6.45, 7) is 0. The van der Waals surface area contributed by atoms with Crippen molar-refractivity contribution in [2.75, 3.05) is 11.8 Å². The third-order valence-corrected chi connectivity index (χ3v) is 3.93. The Morgan fingerprint density at radius 2 is 2.05 bits per heavy atom. The number of anilines is 1. The van der Waals surface area contributed by atoms with Gasteiger partial charge >= 0.3 is 0 Å². The molecule has 0 aliphatic carbocycles. The number of ether oxygens (including phenoxy) is 1. The van der Waals surface area contributed by atoms with Crippen molar-refractivity contribution in [1.29, 1.82) is 0 Å². The summed E-state index contributed by atoms with van der Waals surface area (Å²) in [4.78, 5) is 3.92. The highest BCUT2D eigenvalue weighted by Gasteiger charge is 2.14. The number of halogens is 1. The van der Waals surface area contributed by atoms with E-state index in [1.54, 1.807) is 12.1 Å². The van der Waals surface area contributed by atoms with Gasteiger partial charge in [-0.3, -0.25) is 4.72 Å². The van der Waals surface area contributed by atoms with E-state index in [9.17, 15) is 8.42 Å². The number of sulfonamides is 1. The van der Waals surface area contributed by atoms with Gasteiger partial charge in [0.2, 0.25) is 0 Å². The molecule has 1 heterocycles. The molecular formula is C12H11ClN2O3S. The number of hydrogen-bond donors (Lipinski definition) is 1. The van der Waals surface area contributed by atoms with Crippen LogP contribution in [0.5, 0.6) is 5.75 Å². The molecular weight excluding hydrogens is 288 g/mol. The first kappa shape index (κ1) is 13.6. The molecule has 100 valence electrons. The lowest BCUT2D eigenvalue weighted by Gasteiger charge is -2.08. The fraction of sp³-hybridized carbons (Fsp3) is 0.0833. The van der Waals surface area contributed by atoms with Crippen LogP contribution in [0.25, 0.3) is 0 Å². The standard InChI is InChI=1S/C12H11ClN2O3S/c1-18-10-3-2-4-11(7-10)19(16,17)15-9-5-6-12(13)14-8-9/h2-8,15H,1H3. The molecule has 1 aromatic carbocycles. The molecule has 0 bridgehead atoms. The van der Waals surface area contributed by atoms with Crippen molar-refractivity contribution in [1.82, 2.24) is 4.98 Å². The van der Waals surface area contributed by atoms with Gasteiger partial charge in [0.1, 0.15) is 10.9 Å². The highest BCUT2D eigenvalue weighted by molar-refractivity contribution is 7.92. The van der Waals surface area contributed by atoms with Gasteiger partial charge < -0.3 is 4.74 Å². The third kappa shape index (κ3) is 3.36. The average Bonchev–Trinajstić information content (AvgIpc) is 2.41. The van der Waals surface area contributed by atoms with Gasteiger partial charge in [-0.1, -0.05) is 17.7 Å². The van der Waals surface area contributed by atoms with Crippen LogP contribution in [0.2, 0.25) is 5.15 Å². The van der Waals surface area contributed by atoms with E-state index in [2.05, 4.69) is 9.71 Å². The lowest BCUT2D eigenvalue weighted by atomic mass is 10.3. The number of nitrogens with zero attached hydrogens (tertiary/aromatic N) is 1. The van der Waals surface area contributed by atoms with Crippen molar-refractivity contribution in [2.45, 2.75) is 4.90 Å². The largest absolute Gasteiger partial charge is 0.497 e. The topological polar surface area (TPSA) is 68.3 Å². The van der Waals surface area contributed by atoms with Crippen molar-refractivity contribution in [3.8, 4) is 5.75 Å². The summed E-state index contributed by atoms with van der Waals surface area (Å²) in [7, 11) is -2.20. The van der Waals surface area contributed by atoms with Crippen molar-refractivity contribution >= 4 is 27.3 Å². The molecule has 2 rings (SSSR count). The Hall–Kier alpha value is -1.79. The number of benzene rings is 1. The maximum atomic E-state index is 12.1. The van der Waals surface area contributed by atoms with Crippen molar-refractivity contribution < 1.29 is 13.2 Å². The first-order valence-corrected chi connectivity index (χ1v) is 7.16. The van der Waals surface area contributed by atoms with Crippen LogP contribution in [0.4, 0.5) is 5.69 Å². The maximum Gasteiger partial charge on any atom is 0.262 e. The molecule has 0 fully saturated rings. The predicted octanol–water partition coefficient (Wildman–Crippen LogP) is 2.54. The molecule has 19 heavy (non-hydrogen) atoms. The number of pyridine rings is 1. The molecule has 0 radical (unpaired) electrons. The summed E-state index contributed by atoms with van der Waals surface area (Å²) >= 11 is 5.63. The molecule has 1 aromatic heterocycles. The van der Waals surface area contributed by atoms with E-state index in [1.165, 1.54) is 37.6 Å². The van der Waals surface area contributed by atoms with Gasteiger partial charge in [0.05, 0.1) is 23.9 Å². The van der Waals surface area contributed by atoms with Crippen LogP contribution in [0.1, 0.15) is 0 Å². The normalized spacial score (nSPS) is 11.1. The Bertz CT molecular complexity index is 672. The first-order chi connectivity index (χ1) is 9.01. The first-order valence-electron chi connectivity index (χ1n) is 5.30. The van der Waals surface area contributed by atoms with E-state index in [4.69, 9.17) is 16.3 Å². The van der Waals surface area contributed by atoms with Crippen LogP contribution >= 0.6 is 11.6 Å². The fourth-order valence-corrected chi connectivity index (χ4v) is 2.61. The zero-order valence-corrected chi connectivity index (χ0v) is 11.6. The Balaban J connectivity index is 2.29. The van der Waals surface area contributed by atoms with Crippen LogP contribution < -0.4 is 9.46 Å². The molecule has 2 aromatic rings. The molecule has 0 aliphatic rings. The van der Waals surface area contributed by atoms with E-state index in [0.29, 0.717) is 16.6 Å². The number of aromatic nitrogens is 1. The van der Waals surface area contributed by atoms with E-state index in [0.717, 1.165) is 0 Å². The van der Waals surface area contributed by atoms with Gasteiger partial charge in [0, 0.05) is 6.07 Å². The van der Waals surface area contributed by atoms with Gasteiger partial charge in [0.15, 0.2) is 0 Å². The SMILES string of the molecule is COc1cccc(S(=O)(=O)Nc2ccc(Cl)nc2)c1. The van der Waals surface area contributed by atoms with Crippen molar-refractivity contribution in [3.63, 3.8) is 0 Å². The number of methoxy groups -OCH3 is 1. The lowest BCUT2D eigenvalue weighted by molar-refractivity contribution is 0.413. The van der Waals surface area contributed by atoms with Crippen LogP contribution in [0.15, 0.2) is 47.5 Å². The Labute approximate surface area is 116 Å².